The van der Waals surface area contributed by atoms with Crippen molar-refractivity contribution in [2.75, 3.05) is 5.32 Å². The van der Waals surface area contributed by atoms with Crippen LogP contribution in [0, 0.1) is 25.2 Å². The molecule has 2 rings (SSSR count). The maximum atomic E-state index is 12.0. The fourth-order valence-electron chi connectivity index (χ4n) is 1.66. The third-order valence-corrected chi connectivity index (χ3v) is 3.14. The van der Waals surface area contributed by atoms with Crippen LogP contribution in [0.15, 0.2) is 24.4 Å². The normalized spacial score (nSPS) is 9.83. The van der Waals surface area contributed by atoms with Gasteiger partial charge in [0.25, 0.3) is 5.91 Å². The zero-order chi connectivity index (χ0) is 13.1. The molecule has 18 heavy (non-hydrogen) atoms. The summed E-state index contributed by atoms with van der Waals surface area (Å²) < 4.78 is 0. The van der Waals surface area contributed by atoms with E-state index < -0.39 is 0 Å². The molecule has 1 aromatic carbocycles. The van der Waals surface area contributed by atoms with Crippen molar-refractivity contribution in [2.24, 2.45) is 0 Å². The Morgan fingerprint density at radius 3 is 2.56 bits per heavy atom. The highest BCUT2D eigenvalue weighted by Gasteiger charge is 2.09. The summed E-state index contributed by atoms with van der Waals surface area (Å²) in [5.41, 5.74) is 2.68. The first-order chi connectivity index (χ1) is 8.58. The van der Waals surface area contributed by atoms with Crippen molar-refractivity contribution in [3.8, 4) is 6.07 Å². The molecule has 0 fully saturated rings. The summed E-state index contributed by atoms with van der Waals surface area (Å²) in [6.07, 6.45) is 1.45. The molecule has 0 bridgehead atoms. The van der Waals surface area contributed by atoms with Gasteiger partial charge in [-0.2, -0.15) is 5.26 Å². The van der Waals surface area contributed by atoms with Crippen LogP contribution < -0.4 is 5.32 Å². The minimum atomic E-state index is -0.208. The largest absolute Gasteiger partial charge is 0.298 e. The first kappa shape index (κ1) is 12.3. The SMILES string of the molecule is Cc1cc(C)cc(C(=O)Nc2ncc(C#N)s2)c1. The number of nitrogens with one attached hydrogen (secondary N) is 1. The Kier molecular flexibility index (Phi) is 3.40. The van der Waals surface area contributed by atoms with E-state index in [1.165, 1.54) is 6.20 Å². The highest BCUT2D eigenvalue weighted by Crippen LogP contribution is 2.18. The minimum absolute atomic E-state index is 0.208. The predicted octanol–water partition coefficient (Wildman–Crippen LogP) is 2.88. The van der Waals surface area contributed by atoms with Gasteiger partial charge < -0.3 is 0 Å². The summed E-state index contributed by atoms with van der Waals surface area (Å²) >= 11 is 1.16. The second-order valence-electron chi connectivity index (χ2n) is 3.97. The van der Waals surface area contributed by atoms with E-state index in [0.717, 1.165) is 22.5 Å². The van der Waals surface area contributed by atoms with Crippen molar-refractivity contribution in [2.45, 2.75) is 13.8 Å². The molecule has 1 heterocycles. The number of anilines is 1. The molecule has 0 aliphatic carbocycles. The Hall–Kier alpha value is -2.19. The summed E-state index contributed by atoms with van der Waals surface area (Å²) in [4.78, 5) is 16.4. The number of carbonyl (C=O) groups excluding carboxylic acids is 1. The number of aryl methyl sites for hydroxylation is 2. The highest BCUT2D eigenvalue weighted by atomic mass is 32.1. The van der Waals surface area contributed by atoms with E-state index in [-0.39, 0.29) is 5.91 Å². The number of nitriles is 1. The van der Waals surface area contributed by atoms with Crippen LogP contribution in [0.5, 0.6) is 0 Å². The number of aromatic nitrogens is 1. The zero-order valence-electron chi connectivity index (χ0n) is 10.0. The van der Waals surface area contributed by atoms with Crippen LogP contribution in [0.3, 0.4) is 0 Å². The molecule has 0 aliphatic heterocycles. The van der Waals surface area contributed by atoms with Crippen molar-refractivity contribution in [3.05, 3.63) is 46.0 Å². The molecular weight excluding hydrogens is 246 g/mol. The number of benzene rings is 1. The molecule has 0 radical (unpaired) electrons. The van der Waals surface area contributed by atoms with Gasteiger partial charge in [0.15, 0.2) is 5.13 Å². The van der Waals surface area contributed by atoms with Gasteiger partial charge in [-0.15, -0.1) is 0 Å². The van der Waals surface area contributed by atoms with Gasteiger partial charge >= 0.3 is 0 Å². The highest BCUT2D eigenvalue weighted by molar-refractivity contribution is 7.16. The van der Waals surface area contributed by atoms with E-state index in [1.54, 1.807) is 0 Å². The van der Waals surface area contributed by atoms with Crippen molar-refractivity contribution < 1.29 is 4.79 Å². The molecule has 1 amide bonds. The molecule has 0 aliphatic rings. The Balaban J connectivity index is 2.19. The Morgan fingerprint density at radius 1 is 1.33 bits per heavy atom. The van der Waals surface area contributed by atoms with Crippen LogP contribution in [0.2, 0.25) is 0 Å². The van der Waals surface area contributed by atoms with E-state index in [0.29, 0.717) is 15.6 Å². The summed E-state index contributed by atoms with van der Waals surface area (Å²) in [6, 6.07) is 7.63. The fraction of sp³-hybridized carbons (Fsp3) is 0.154. The molecule has 4 nitrogen and oxygen atoms in total. The summed E-state index contributed by atoms with van der Waals surface area (Å²) in [5.74, 6) is -0.208. The van der Waals surface area contributed by atoms with Gasteiger partial charge in [0.2, 0.25) is 0 Å². The van der Waals surface area contributed by atoms with Crippen molar-refractivity contribution >= 4 is 22.4 Å². The third-order valence-electron chi connectivity index (χ3n) is 2.32. The summed E-state index contributed by atoms with van der Waals surface area (Å²) in [7, 11) is 0. The predicted molar refractivity (Wildman–Crippen MR) is 70.7 cm³/mol. The van der Waals surface area contributed by atoms with E-state index in [4.69, 9.17) is 5.26 Å². The Labute approximate surface area is 109 Å². The standard InChI is InChI=1S/C13H11N3OS/c1-8-3-9(2)5-10(4-8)12(17)16-13-15-7-11(6-14)18-13/h3-5,7H,1-2H3,(H,15,16,17). The Bertz CT molecular complexity index is 620. The number of carbonyl (C=O) groups is 1. The molecule has 0 spiro atoms. The molecule has 2 aromatic rings. The van der Waals surface area contributed by atoms with Gasteiger partial charge in [0.05, 0.1) is 6.20 Å². The monoisotopic (exact) mass is 257 g/mol. The topological polar surface area (TPSA) is 65.8 Å². The second kappa shape index (κ2) is 4.98. The van der Waals surface area contributed by atoms with Gasteiger partial charge in [0, 0.05) is 5.56 Å². The van der Waals surface area contributed by atoms with Gasteiger partial charge in [-0.05, 0) is 26.0 Å². The molecule has 1 aromatic heterocycles. The van der Waals surface area contributed by atoms with Gasteiger partial charge in [-0.3, -0.25) is 10.1 Å². The molecular formula is C13H11N3OS. The van der Waals surface area contributed by atoms with E-state index in [9.17, 15) is 4.79 Å². The molecule has 0 saturated carbocycles. The van der Waals surface area contributed by atoms with Crippen LogP contribution in [-0.4, -0.2) is 10.9 Å². The van der Waals surface area contributed by atoms with Crippen molar-refractivity contribution in [1.82, 2.24) is 4.98 Å². The van der Waals surface area contributed by atoms with Crippen LogP contribution >= 0.6 is 11.3 Å². The lowest BCUT2D eigenvalue weighted by Gasteiger charge is -2.04. The van der Waals surface area contributed by atoms with Gasteiger partial charge in [0.1, 0.15) is 10.9 Å². The Morgan fingerprint density at radius 2 is 2.00 bits per heavy atom. The zero-order valence-corrected chi connectivity index (χ0v) is 10.8. The lowest BCUT2D eigenvalue weighted by molar-refractivity contribution is 0.102. The molecule has 0 unspecified atom stereocenters. The van der Waals surface area contributed by atoms with Crippen molar-refractivity contribution in [3.63, 3.8) is 0 Å². The number of hydrogen-bond acceptors (Lipinski definition) is 4. The second-order valence-corrected chi connectivity index (χ2v) is 5.00. The molecule has 5 heteroatoms. The van der Waals surface area contributed by atoms with Gasteiger partial charge in [-0.25, -0.2) is 4.98 Å². The minimum Gasteiger partial charge on any atom is -0.298 e. The number of rotatable bonds is 2. The number of hydrogen-bond donors (Lipinski definition) is 1. The lowest BCUT2D eigenvalue weighted by atomic mass is 10.1. The number of nitrogens with zero attached hydrogens (tertiary/aromatic N) is 2. The van der Waals surface area contributed by atoms with Gasteiger partial charge in [-0.1, -0.05) is 28.5 Å². The van der Waals surface area contributed by atoms with E-state index in [1.807, 2.05) is 38.1 Å². The average Bonchev–Trinajstić information content (AvgIpc) is 2.75. The quantitative estimate of drug-likeness (QED) is 0.899. The summed E-state index contributed by atoms with van der Waals surface area (Å²) in [6.45, 7) is 3.89. The molecule has 1 N–H and O–H groups in total. The first-order valence-electron chi connectivity index (χ1n) is 5.34. The average molecular weight is 257 g/mol. The lowest BCUT2D eigenvalue weighted by Crippen LogP contribution is -2.12. The number of amides is 1. The molecule has 90 valence electrons. The van der Waals surface area contributed by atoms with Crippen LogP contribution in [0.1, 0.15) is 26.4 Å². The van der Waals surface area contributed by atoms with Crippen LogP contribution in [-0.2, 0) is 0 Å². The van der Waals surface area contributed by atoms with Crippen molar-refractivity contribution in [1.29, 1.82) is 5.26 Å². The molecule has 0 atom stereocenters. The molecule has 0 saturated heterocycles. The van der Waals surface area contributed by atoms with E-state index in [2.05, 4.69) is 10.3 Å². The summed E-state index contributed by atoms with van der Waals surface area (Å²) in [5, 5.41) is 11.8. The van der Waals surface area contributed by atoms with Crippen LogP contribution in [0.25, 0.3) is 0 Å². The fourth-order valence-corrected chi connectivity index (χ4v) is 2.27. The maximum absolute atomic E-state index is 12.0. The maximum Gasteiger partial charge on any atom is 0.257 e. The first-order valence-corrected chi connectivity index (χ1v) is 6.16. The van der Waals surface area contributed by atoms with E-state index >= 15 is 0 Å². The smallest absolute Gasteiger partial charge is 0.257 e. The third kappa shape index (κ3) is 2.73. The number of thiazole rings is 1. The van der Waals surface area contributed by atoms with Crippen LogP contribution in [0.4, 0.5) is 5.13 Å².